The topological polar surface area (TPSA) is 44.4 Å². The molecule has 0 aliphatic carbocycles. The number of likely N-dealkylation sites (N-methyl/N-ethyl adjacent to an activating group) is 1. The summed E-state index contributed by atoms with van der Waals surface area (Å²) in [7, 11) is 0. The van der Waals surface area contributed by atoms with Crippen molar-refractivity contribution < 1.29 is 4.79 Å². The Morgan fingerprint density at radius 3 is 2.58 bits per heavy atom. The lowest BCUT2D eigenvalue weighted by Crippen LogP contribution is -2.38. The summed E-state index contributed by atoms with van der Waals surface area (Å²) in [5.41, 5.74) is 4.66. The quantitative estimate of drug-likeness (QED) is 0.830. The maximum absolute atomic E-state index is 12.8. The SMILES string of the molecule is CCN1CCc2c(sc3c2C(=O)N[C@H](c2ccc(C(C)(C)C)cc2)N3)C1. The van der Waals surface area contributed by atoms with Crippen LogP contribution in [0.1, 0.15) is 65.8 Å². The van der Waals surface area contributed by atoms with Crippen LogP contribution in [0.5, 0.6) is 0 Å². The molecule has 3 heterocycles. The second-order valence-corrected chi connectivity index (χ2v) is 9.35. The maximum atomic E-state index is 12.8. The molecule has 0 saturated carbocycles. The largest absolute Gasteiger partial charge is 0.353 e. The zero-order valence-corrected chi connectivity index (χ0v) is 16.8. The van der Waals surface area contributed by atoms with Gasteiger partial charge in [0.15, 0.2) is 0 Å². The first-order valence-corrected chi connectivity index (χ1v) is 10.2. The number of anilines is 1. The summed E-state index contributed by atoms with van der Waals surface area (Å²) in [5, 5.41) is 7.74. The van der Waals surface area contributed by atoms with E-state index in [-0.39, 0.29) is 17.5 Å². The molecule has 1 aromatic heterocycles. The number of benzene rings is 1. The lowest BCUT2D eigenvalue weighted by molar-refractivity contribution is 0.0934. The highest BCUT2D eigenvalue weighted by molar-refractivity contribution is 7.16. The van der Waals surface area contributed by atoms with Gasteiger partial charge in [-0.05, 0) is 35.1 Å². The molecular formula is C21H27N3OS. The predicted octanol–water partition coefficient (Wildman–Crippen LogP) is 4.28. The summed E-state index contributed by atoms with van der Waals surface area (Å²) in [6, 6.07) is 8.57. The van der Waals surface area contributed by atoms with Crippen molar-refractivity contribution in [3.05, 3.63) is 51.4 Å². The molecule has 0 bridgehead atoms. The van der Waals surface area contributed by atoms with Crippen LogP contribution in [0, 0.1) is 0 Å². The van der Waals surface area contributed by atoms with Gasteiger partial charge in [-0.15, -0.1) is 11.3 Å². The van der Waals surface area contributed by atoms with Gasteiger partial charge in [0.1, 0.15) is 11.2 Å². The number of hydrogen-bond donors (Lipinski definition) is 2. The van der Waals surface area contributed by atoms with Crippen molar-refractivity contribution >= 4 is 22.2 Å². The highest BCUT2D eigenvalue weighted by Crippen LogP contribution is 2.40. The minimum absolute atomic E-state index is 0.0612. The molecule has 0 saturated heterocycles. The Morgan fingerprint density at radius 2 is 1.92 bits per heavy atom. The maximum Gasteiger partial charge on any atom is 0.256 e. The molecule has 0 unspecified atom stereocenters. The number of nitrogens with zero attached hydrogens (tertiary/aromatic N) is 1. The van der Waals surface area contributed by atoms with Crippen molar-refractivity contribution in [1.29, 1.82) is 0 Å². The van der Waals surface area contributed by atoms with Gasteiger partial charge >= 0.3 is 0 Å². The highest BCUT2D eigenvalue weighted by Gasteiger charge is 2.33. The van der Waals surface area contributed by atoms with Crippen LogP contribution in [0.2, 0.25) is 0 Å². The van der Waals surface area contributed by atoms with E-state index in [2.05, 4.69) is 67.5 Å². The van der Waals surface area contributed by atoms with Crippen molar-refractivity contribution in [2.24, 2.45) is 0 Å². The molecule has 0 spiro atoms. The van der Waals surface area contributed by atoms with Gasteiger partial charge in [-0.1, -0.05) is 52.0 Å². The standard InChI is InChI=1S/C21H27N3OS/c1-5-24-11-10-15-16(12-24)26-20-17(15)19(25)22-18(23-20)13-6-8-14(9-7-13)21(2,3)4/h6-9,18,23H,5,10-12H2,1-4H3,(H,22,25)/t18-/m0/s1. The molecule has 26 heavy (non-hydrogen) atoms. The van der Waals surface area contributed by atoms with Crippen LogP contribution in [0.3, 0.4) is 0 Å². The number of hydrogen-bond acceptors (Lipinski definition) is 4. The molecule has 2 aromatic rings. The minimum atomic E-state index is -0.161. The van der Waals surface area contributed by atoms with Gasteiger partial charge in [-0.3, -0.25) is 9.69 Å². The molecule has 4 nitrogen and oxygen atoms in total. The van der Waals surface area contributed by atoms with Crippen molar-refractivity contribution in [3.8, 4) is 0 Å². The first kappa shape index (κ1) is 17.6. The lowest BCUT2D eigenvalue weighted by atomic mass is 9.86. The number of carbonyl (C=O) groups excluding carboxylic acids is 1. The Labute approximate surface area is 159 Å². The summed E-state index contributed by atoms with van der Waals surface area (Å²) in [5.74, 6) is 0.0612. The zero-order chi connectivity index (χ0) is 18.5. The van der Waals surface area contributed by atoms with E-state index in [9.17, 15) is 4.79 Å². The average molecular weight is 370 g/mol. The van der Waals surface area contributed by atoms with E-state index in [0.717, 1.165) is 42.2 Å². The number of carbonyl (C=O) groups is 1. The molecule has 2 N–H and O–H groups in total. The van der Waals surface area contributed by atoms with Crippen LogP contribution >= 0.6 is 11.3 Å². The van der Waals surface area contributed by atoms with Crippen LogP contribution in [-0.2, 0) is 18.4 Å². The van der Waals surface area contributed by atoms with Crippen LogP contribution in [0.4, 0.5) is 5.00 Å². The van der Waals surface area contributed by atoms with E-state index in [4.69, 9.17) is 0 Å². The fraction of sp³-hybridized carbons (Fsp3) is 0.476. The van der Waals surface area contributed by atoms with Gasteiger partial charge < -0.3 is 10.6 Å². The molecule has 5 heteroatoms. The monoisotopic (exact) mass is 369 g/mol. The second-order valence-electron chi connectivity index (χ2n) is 8.25. The molecule has 1 amide bonds. The van der Waals surface area contributed by atoms with Gasteiger partial charge in [-0.2, -0.15) is 0 Å². The highest BCUT2D eigenvalue weighted by atomic mass is 32.1. The van der Waals surface area contributed by atoms with Gasteiger partial charge in [0.05, 0.1) is 5.56 Å². The third kappa shape index (κ3) is 3.03. The van der Waals surface area contributed by atoms with E-state index in [1.807, 2.05) is 0 Å². The molecule has 138 valence electrons. The van der Waals surface area contributed by atoms with E-state index in [0.29, 0.717) is 0 Å². The number of rotatable bonds is 2. The Balaban J connectivity index is 1.61. The molecule has 4 rings (SSSR count). The molecular weight excluding hydrogens is 342 g/mol. The van der Waals surface area contributed by atoms with Gasteiger partial charge in [-0.25, -0.2) is 0 Å². The van der Waals surface area contributed by atoms with Gasteiger partial charge in [0.25, 0.3) is 5.91 Å². The zero-order valence-electron chi connectivity index (χ0n) is 16.0. The summed E-state index contributed by atoms with van der Waals surface area (Å²) >= 11 is 1.75. The third-order valence-corrected chi connectivity index (χ3v) is 6.62. The molecule has 1 aromatic carbocycles. The normalized spacial score (nSPS) is 20.2. The van der Waals surface area contributed by atoms with Gasteiger partial charge in [0.2, 0.25) is 0 Å². The number of thiophene rings is 1. The second kappa shape index (κ2) is 6.39. The third-order valence-electron chi connectivity index (χ3n) is 5.47. The first-order valence-electron chi connectivity index (χ1n) is 9.41. The van der Waals surface area contributed by atoms with Crippen molar-refractivity contribution in [3.63, 3.8) is 0 Å². The molecule has 0 fully saturated rings. The molecule has 2 aliphatic rings. The van der Waals surface area contributed by atoms with Crippen LogP contribution in [0.15, 0.2) is 24.3 Å². The van der Waals surface area contributed by atoms with Crippen molar-refractivity contribution in [1.82, 2.24) is 10.2 Å². The molecule has 1 atom stereocenters. The fourth-order valence-corrected chi connectivity index (χ4v) is 5.10. The fourth-order valence-electron chi connectivity index (χ4n) is 3.78. The van der Waals surface area contributed by atoms with Crippen molar-refractivity contribution in [2.75, 3.05) is 18.4 Å². The smallest absolute Gasteiger partial charge is 0.256 e. The summed E-state index contributed by atoms with van der Waals surface area (Å²) in [6.45, 7) is 11.9. The van der Waals surface area contributed by atoms with E-state index in [1.165, 1.54) is 16.0 Å². The van der Waals surface area contributed by atoms with E-state index in [1.54, 1.807) is 11.3 Å². The lowest BCUT2D eigenvalue weighted by Gasteiger charge is -2.28. The van der Waals surface area contributed by atoms with Gasteiger partial charge in [0, 0.05) is 18.0 Å². The van der Waals surface area contributed by atoms with E-state index < -0.39 is 0 Å². The number of amides is 1. The Morgan fingerprint density at radius 1 is 1.19 bits per heavy atom. The van der Waals surface area contributed by atoms with E-state index >= 15 is 0 Å². The average Bonchev–Trinajstić information content (AvgIpc) is 2.98. The predicted molar refractivity (Wildman–Crippen MR) is 108 cm³/mol. The van der Waals surface area contributed by atoms with Crippen LogP contribution < -0.4 is 10.6 Å². The number of fused-ring (bicyclic) bond motifs is 3. The minimum Gasteiger partial charge on any atom is -0.353 e. The Kier molecular flexibility index (Phi) is 4.32. The van der Waals surface area contributed by atoms with Crippen molar-refractivity contribution in [2.45, 2.75) is 52.2 Å². The Bertz CT molecular complexity index is 832. The number of nitrogens with one attached hydrogen (secondary N) is 2. The van der Waals surface area contributed by atoms with Crippen LogP contribution in [0.25, 0.3) is 0 Å². The summed E-state index contributed by atoms with van der Waals surface area (Å²) < 4.78 is 0. The Hall–Kier alpha value is -1.85. The summed E-state index contributed by atoms with van der Waals surface area (Å²) in [4.78, 5) is 16.6. The van der Waals surface area contributed by atoms with Crippen LogP contribution in [-0.4, -0.2) is 23.9 Å². The molecule has 2 aliphatic heterocycles. The molecule has 0 radical (unpaired) electrons. The summed E-state index contributed by atoms with van der Waals surface area (Å²) in [6.07, 6.45) is 0.807. The first-order chi connectivity index (χ1) is 12.4.